The van der Waals surface area contributed by atoms with Gasteiger partial charge < -0.3 is 0 Å². The summed E-state index contributed by atoms with van der Waals surface area (Å²) in [5, 5.41) is 0. The van der Waals surface area contributed by atoms with Gasteiger partial charge in [-0.2, -0.15) is 0 Å². The molecule has 0 rings (SSSR count). The molecule has 0 spiro atoms. The Labute approximate surface area is 64.3 Å². The zero-order valence-corrected chi connectivity index (χ0v) is 7.71. The molecule has 0 aromatic rings. The second kappa shape index (κ2) is 4.30. The van der Waals surface area contributed by atoms with Crippen molar-refractivity contribution in [1.29, 1.82) is 0 Å². The van der Waals surface area contributed by atoms with E-state index in [4.69, 9.17) is 12.2 Å². The normalized spacial score (nSPS) is 8.75. The van der Waals surface area contributed by atoms with Crippen molar-refractivity contribution in [2.75, 3.05) is 13.1 Å². The zero-order valence-electron chi connectivity index (χ0n) is 5.18. The summed E-state index contributed by atoms with van der Waals surface area (Å²) in [7, 11) is 0. The molecule has 0 bridgehead atoms. The first-order valence-electron chi connectivity index (χ1n) is 2.68. The van der Waals surface area contributed by atoms with E-state index < -0.39 is 0 Å². The Morgan fingerprint density at radius 3 is 1.88 bits per heavy atom. The Balaban J connectivity index is 3.52. The molecule has 0 heterocycles. The van der Waals surface area contributed by atoms with Gasteiger partial charge in [0.15, 0.2) is 0 Å². The van der Waals surface area contributed by atoms with Gasteiger partial charge in [-0.1, -0.05) is 0 Å². The Morgan fingerprint density at radius 2 is 1.88 bits per heavy atom. The maximum absolute atomic E-state index is 4.89. The van der Waals surface area contributed by atoms with Crippen LogP contribution >= 0.6 is 12.2 Å². The zero-order chi connectivity index (χ0) is 6.57. The minimum atomic E-state index is 0.870. The molecule has 48 valence electrons. The van der Waals surface area contributed by atoms with Crippen molar-refractivity contribution in [3.05, 3.63) is 0 Å². The topological polar surface area (TPSA) is 3.24 Å². The van der Waals surface area contributed by atoms with Gasteiger partial charge in [0.05, 0.1) is 0 Å². The van der Waals surface area contributed by atoms with Crippen LogP contribution in [0.15, 0.2) is 0 Å². The average molecular weight is 195 g/mol. The average Bonchev–Trinajstić information content (AvgIpc) is 1.69. The van der Waals surface area contributed by atoms with Crippen molar-refractivity contribution in [3.8, 4) is 0 Å². The van der Waals surface area contributed by atoms with Crippen LogP contribution in [-0.4, -0.2) is 37.9 Å². The molecular weight excluding hydrogens is 185 g/mol. The van der Waals surface area contributed by atoms with E-state index in [1.807, 2.05) is 0 Å². The molecule has 0 N–H and O–H groups in total. The molecule has 0 aromatic carbocycles. The Kier molecular flexibility index (Phi) is 4.52. The fraction of sp³-hybridized carbons (Fsp3) is 0.800. The third-order valence-corrected chi connectivity index (χ3v) is 1.82. The van der Waals surface area contributed by atoms with Crippen molar-refractivity contribution >= 4 is 32.1 Å². The van der Waals surface area contributed by atoms with Crippen molar-refractivity contribution in [1.82, 2.24) is 4.90 Å². The van der Waals surface area contributed by atoms with Gasteiger partial charge in [0.1, 0.15) is 0 Å². The molecule has 0 fully saturated rings. The number of thiocarbonyl (C=S) groups is 1. The second-order valence-electron chi connectivity index (χ2n) is 1.44. The van der Waals surface area contributed by atoms with E-state index in [0.29, 0.717) is 0 Å². The van der Waals surface area contributed by atoms with Crippen LogP contribution in [0.4, 0.5) is 0 Å². The molecule has 0 radical (unpaired) electrons. The van der Waals surface area contributed by atoms with Crippen molar-refractivity contribution in [2.45, 2.75) is 13.8 Å². The number of hydrogen-bond donors (Lipinski definition) is 0. The summed E-state index contributed by atoms with van der Waals surface area (Å²) in [6.07, 6.45) is 0. The first kappa shape index (κ1) is 8.41. The first-order chi connectivity index (χ1) is 3.72. The number of hydrogen-bond acceptors (Lipinski definition) is 1. The summed E-state index contributed by atoms with van der Waals surface area (Å²) in [6.45, 7) is 6.19. The molecular formula is C5H10NSSe-. The van der Waals surface area contributed by atoms with Gasteiger partial charge in [-0.3, -0.25) is 0 Å². The third kappa shape index (κ3) is 2.65. The van der Waals surface area contributed by atoms with E-state index in [9.17, 15) is 0 Å². The van der Waals surface area contributed by atoms with Crippen LogP contribution in [0.25, 0.3) is 0 Å². The first-order valence-corrected chi connectivity index (χ1v) is 3.94. The Hall–Kier alpha value is 0.409. The predicted octanol–water partition coefficient (Wildman–Crippen LogP) is 0.782. The summed E-state index contributed by atoms with van der Waals surface area (Å²) >= 11 is 7.68. The van der Waals surface area contributed by atoms with Gasteiger partial charge >= 0.3 is 64.0 Å². The third-order valence-electron chi connectivity index (χ3n) is 1.02. The van der Waals surface area contributed by atoms with E-state index in [-0.39, 0.29) is 0 Å². The molecule has 0 aliphatic rings. The molecule has 3 heteroatoms. The molecule has 0 atom stereocenters. The molecule has 0 unspecified atom stereocenters. The molecule has 0 saturated carbocycles. The molecule has 0 aromatic heterocycles. The van der Waals surface area contributed by atoms with Crippen molar-refractivity contribution in [3.63, 3.8) is 0 Å². The summed E-state index contributed by atoms with van der Waals surface area (Å²) in [5.74, 6) is 0. The van der Waals surface area contributed by atoms with Crippen LogP contribution in [0, 0.1) is 0 Å². The fourth-order valence-electron chi connectivity index (χ4n) is 0.482. The van der Waals surface area contributed by atoms with E-state index in [2.05, 4.69) is 34.8 Å². The van der Waals surface area contributed by atoms with E-state index in [1.54, 1.807) is 0 Å². The minimum absolute atomic E-state index is 0.870. The quantitative estimate of drug-likeness (QED) is 0.473. The molecule has 8 heavy (non-hydrogen) atoms. The van der Waals surface area contributed by atoms with Gasteiger partial charge in [-0.15, -0.1) is 0 Å². The van der Waals surface area contributed by atoms with Gasteiger partial charge in [0.25, 0.3) is 0 Å². The maximum atomic E-state index is 4.89. The Morgan fingerprint density at radius 1 is 1.50 bits per heavy atom. The molecule has 0 amide bonds. The Bertz CT molecular complexity index is 80.5. The second-order valence-corrected chi connectivity index (χ2v) is 3.22. The van der Waals surface area contributed by atoms with Crippen LogP contribution < -0.4 is 0 Å². The van der Waals surface area contributed by atoms with E-state index >= 15 is 0 Å². The molecule has 0 saturated heterocycles. The van der Waals surface area contributed by atoms with Gasteiger partial charge in [0, 0.05) is 0 Å². The van der Waals surface area contributed by atoms with Crippen LogP contribution in [0.3, 0.4) is 0 Å². The summed E-state index contributed by atoms with van der Waals surface area (Å²) in [6, 6.07) is 0. The van der Waals surface area contributed by atoms with Crippen LogP contribution in [0.1, 0.15) is 13.8 Å². The van der Waals surface area contributed by atoms with Crippen LogP contribution in [-0.2, 0) is 0 Å². The van der Waals surface area contributed by atoms with Gasteiger partial charge in [0.2, 0.25) is 0 Å². The van der Waals surface area contributed by atoms with Gasteiger partial charge in [-0.05, 0) is 0 Å². The number of rotatable bonds is 2. The summed E-state index contributed by atoms with van der Waals surface area (Å²) in [4.78, 5) is 2.09. The van der Waals surface area contributed by atoms with E-state index in [1.165, 1.54) is 0 Å². The summed E-state index contributed by atoms with van der Waals surface area (Å²) < 4.78 is 0.870. The van der Waals surface area contributed by atoms with E-state index in [0.717, 1.165) is 17.0 Å². The number of nitrogens with zero attached hydrogens (tertiary/aromatic N) is 1. The summed E-state index contributed by atoms with van der Waals surface area (Å²) in [5.41, 5.74) is 0. The molecule has 0 aliphatic carbocycles. The molecule has 0 aliphatic heterocycles. The monoisotopic (exact) mass is 196 g/mol. The molecule has 1 nitrogen and oxygen atoms in total. The van der Waals surface area contributed by atoms with Crippen LogP contribution in [0.2, 0.25) is 0 Å². The standard InChI is InChI=1S/C5H11NSSe/c1-3-6(4-2)5(7)8/h3-4H2,1-2H3,(H,7,8)/p-1. The van der Waals surface area contributed by atoms with Crippen molar-refractivity contribution in [2.24, 2.45) is 0 Å². The van der Waals surface area contributed by atoms with Crippen molar-refractivity contribution < 1.29 is 0 Å². The fourth-order valence-corrected chi connectivity index (χ4v) is 1.28. The SMILES string of the molecule is CCN(CC)C(=S)[Se-]. The predicted molar refractivity (Wildman–Crippen MR) is 41.3 cm³/mol. The van der Waals surface area contributed by atoms with Gasteiger partial charge in [-0.25, -0.2) is 0 Å². The van der Waals surface area contributed by atoms with Crippen LogP contribution in [0.5, 0.6) is 0 Å².